The zero-order valence-electron chi connectivity index (χ0n) is 6.80. The normalized spacial score (nSPS) is 10.6. The van der Waals surface area contributed by atoms with Gasteiger partial charge in [-0.1, -0.05) is 13.0 Å². The molecule has 0 saturated carbocycles. The molecule has 0 atom stereocenters. The second-order valence-corrected chi connectivity index (χ2v) is 1.95. The Balaban J connectivity index is 2.77. The summed E-state index contributed by atoms with van der Waals surface area (Å²) in [7, 11) is 0. The number of hydrogen-bond donors (Lipinski definition) is 0. The maximum absolute atomic E-state index is 5.17. The lowest BCUT2D eigenvalue weighted by Crippen LogP contribution is -2.01. The van der Waals surface area contributed by atoms with Crippen molar-refractivity contribution in [3.8, 4) is 0 Å². The van der Waals surface area contributed by atoms with E-state index in [1.165, 1.54) is 0 Å². The maximum atomic E-state index is 5.17. The first-order valence-electron chi connectivity index (χ1n) is 3.72. The Kier molecular flexibility index (Phi) is 8.07. The Morgan fingerprint density at radius 2 is 2.00 bits per heavy atom. The monoisotopic (exact) mass is 144 g/mol. The van der Waals surface area contributed by atoms with Gasteiger partial charge in [0.25, 0.3) is 0 Å². The van der Waals surface area contributed by atoms with E-state index in [2.05, 4.69) is 6.92 Å². The van der Waals surface area contributed by atoms with Crippen LogP contribution in [-0.4, -0.2) is 19.8 Å². The Hall–Kier alpha value is -0.500. The second kappa shape index (κ2) is 8.50. The molecule has 0 unspecified atom stereocenters. The van der Waals surface area contributed by atoms with E-state index in [0.29, 0.717) is 13.2 Å². The number of ether oxygens (including phenoxy) is 2. The van der Waals surface area contributed by atoms with Crippen molar-refractivity contribution >= 4 is 0 Å². The molecule has 0 aliphatic rings. The van der Waals surface area contributed by atoms with Crippen molar-refractivity contribution in [1.29, 1.82) is 0 Å². The molecule has 0 fully saturated rings. The van der Waals surface area contributed by atoms with Crippen molar-refractivity contribution in [3.05, 3.63) is 12.3 Å². The quantitative estimate of drug-likeness (QED) is 0.419. The molecule has 0 aromatic carbocycles. The summed E-state index contributed by atoms with van der Waals surface area (Å²) in [5.74, 6) is 0. The van der Waals surface area contributed by atoms with E-state index in [1.807, 2.05) is 13.0 Å². The van der Waals surface area contributed by atoms with Gasteiger partial charge in [-0.05, 0) is 13.3 Å². The van der Waals surface area contributed by atoms with E-state index >= 15 is 0 Å². The summed E-state index contributed by atoms with van der Waals surface area (Å²) in [6, 6.07) is 0. The highest BCUT2D eigenvalue weighted by Crippen LogP contribution is 1.82. The van der Waals surface area contributed by atoms with E-state index in [-0.39, 0.29) is 0 Å². The molecule has 2 nitrogen and oxygen atoms in total. The smallest absolute Gasteiger partial charge is 0.111 e. The maximum Gasteiger partial charge on any atom is 0.111 e. The third-order valence-corrected chi connectivity index (χ3v) is 0.926. The molecule has 0 rings (SSSR count). The second-order valence-electron chi connectivity index (χ2n) is 1.95. The molecule has 0 radical (unpaired) electrons. The lowest BCUT2D eigenvalue weighted by Gasteiger charge is -2.00. The summed E-state index contributed by atoms with van der Waals surface area (Å²) in [5, 5.41) is 0. The van der Waals surface area contributed by atoms with Crippen LogP contribution in [0.25, 0.3) is 0 Å². The van der Waals surface area contributed by atoms with Gasteiger partial charge in [0.1, 0.15) is 6.61 Å². The molecule has 10 heavy (non-hydrogen) atoms. The van der Waals surface area contributed by atoms with Gasteiger partial charge in [-0.25, -0.2) is 0 Å². The van der Waals surface area contributed by atoms with Crippen LogP contribution < -0.4 is 0 Å². The van der Waals surface area contributed by atoms with Gasteiger partial charge in [0.15, 0.2) is 0 Å². The van der Waals surface area contributed by atoms with Crippen molar-refractivity contribution in [3.63, 3.8) is 0 Å². The first kappa shape index (κ1) is 9.50. The molecular formula is C8H16O2. The largest absolute Gasteiger partial charge is 0.499 e. The Morgan fingerprint density at radius 3 is 2.60 bits per heavy atom. The van der Waals surface area contributed by atoms with Crippen molar-refractivity contribution in [2.45, 2.75) is 20.3 Å². The van der Waals surface area contributed by atoms with Gasteiger partial charge in [0.05, 0.1) is 12.9 Å². The predicted octanol–water partition coefficient (Wildman–Crippen LogP) is 1.96. The fraction of sp³-hybridized carbons (Fsp3) is 0.750. The zero-order chi connectivity index (χ0) is 7.66. The molecular weight excluding hydrogens is 128 g/mol. The van der Waals surface area contributed by atoms with Crippen LogP contribution in [0.15, 0.2) is 12.3 Å². The molecule has 0 heterocycles. The van der Waals surface area contributed by atoms with Gasteiger partial charge >= 0.3 is 0 Å². The zero-order valence-corrected chi connectivity index (χ0v) is 6.80. The van der Waals surface area contributed by atoms with Crippen molar-refractivity contribution in [2.75, 3.05) is 19.8 Å². The summed E-state index contributed by atoms with van der Waals surface area (Å²) in [5.41, 5.74) is 0. The molecule has 0 bridgehead atoms. The summed E-state index contributed by atoms with van der Waals surface area (Å²) in [4.78, 5) is 0. The van der Waals surface area contributed by atoms with E-state index in [1.54, 1.807) is 6.26 Å². The Labute approximate surface area is 62.8 Å². The summed E-state index contributed by atoms with van der Waals surface area (Å²) >= 11 is 0. The van der Waals surface area contributed by atoms with Gasteiger partial charge in [-0.3, -0.25) is 0 Å². The third kappa shape index (κ3) is 7.50. The third-order valence-electron chi connectivity index (χ3n) is 0.926. The van der Waals surface area contributed by atoms with Crippen molar-refractivity contribution in [2.24, 2.45) is 0 Å². The van der Waals surface area contributed by atoms with Gasteiger partial charge in [-0.2, -0.15) is 0 Å². The van der Waals surface area contributed by atoms with Crippen LogP contribution in [-0.2, 0) is 9.47 Å². The van der Waals surface area contributed by atoms with Gasteiger partial charge in [-0.15, -0.1) is 0 Å². The summed E-state index contributed by atoms with van der Waals surface area (Å²) in [6.45, 7) is 6.20. The number of allylic oxidation sites excluding steroid dienone is 1. The molecule has 0 aliphatic heterocycles. The minimum Gasteiger partial charge on any atom is -0.499 e. The fourth-order valence-electron chi connectivity index (χ4n) is 0.518. The Morgan fingerprint density at radius 1 is 1.20 bits per heavy atom. The summed E-state index contributed by atoms with van der Waals surface area (Å²) in [6.07, 6.45) is 4.61. The molecule has 2 heteroatoms. The van der Waals surface area contributed by atoms with Crippen molar-refractivity contribution in [1.82, 2.24) is 0 Å². The van der Waals surface area contributed by atoms with Crippen LogP contribution in [0.1, 0.15) is 20.3 Å². The van der Waals surface area contributed by atoms with Gasteiger partial charge < -0.3 is 9.47 Å². The fourth-order valence-corrected chi connectivity index (χ4v) is 0.518. The van der Waals surface area contributed by atoms with Crippen LogP contribution in [0.4, 0.5) is 0 Å². The van der Waals surface area contributed by atoms with Crippen LogP contribution in [0.2, 0.25) is 0 Å². The molecule has 0 aromatic rings. The van der Waals surface area contributed by atoms with Crippen LogP contribution in [0.5, 0.6) is 0 Å². The van der Waals surface area contributed by atoms with E-state index in [9.17, 15) is 0 Å². The minimum atomic E-state index is 0.657. The number of hydrogen-bond acceptors (Lipinski definition) is 2. The highest BCUT2D eigenvalue weighted by atomic mass is 16.5. The number of rotatable bonds is 6. The highest BCUT2D eigenvalue weighted by Gasteiger charge is 1.83. The van der Waals surface area contributed by atoms with E-state index in [0.717, 1.165) is 13.0 Å². The molecule has 0 spiro atoms. The summed E-state index contributed by atoms with van der Waals surface area (Å²) < 4.78 is 10.2. The lowest BCUT2D eigenvalue weighted by atomic mass is 10.5. The van der Waals surface area contributed by atoms with Crippen molar-refractivity contribution < 1.29 is 9.47 Å². The predicted molar refractivity (Wildman–Crippen MR) is 41.9 cm³/mol. The molecule has 0 aliphatic carbocycles. The van der Waals surface area contributed by atoms with Crippen LogP contribution in [0, 0.1) is 0 Å². The minimum absolute atomic E-state index is 0.657. The first-order chi connectivity index (χ1) is 4.91. The molecule has 0 N–H and O–H groups in total. The standard InChI is InChI=1S/C8H16O2/c1-3-5-9-7-8-10-6-4-2/h3,5H,4,6-8H2,1-2H3/b5-3+. The van der Waals surface area contributed by atoms with E-state index < -0.39 is 0 Å². The Bertz CT molecular complexity index is 79.3. The molecule has 0 amide bonds. The van der Waals surface area contributed by atoms with Crippen LogP contribution >= 0.6 is 0 Å². The first-order valence-corrected chi connectivity index (χ1v) is 3.72. The highest BCUT2D eigenvalue weighted by molar-refractivity contribution is 4.64. The van der Waals surface area contributed by atoms with E-state index in [4.69, 9.17) is 9.47 Å². The van der Waals surface area contributed by atoms with Crippen LogP contribution in [0.3, 0.4) is 0 Å². The topological polar surface area (TPSA) is 18.5 Å². The molecule has 0 saturated heterocycles. The SMILES string of the molecule is C/C=C/OCCOCCC. The average Bonchev–Trinajstić information content (AvgIpc) is 1.97. The molecule has 0 aromatic heterocycles. The van der Waals surface area contributed by atoms with Gasteiger partial charge in [0, 0.05) is 6.61 Å². The van der Waals surface area contributed by atoms with Gasteiger partial charge in [0.2, 0.25) is 0 Å². The lowest BCUT2D eigenvalue weighted by molar-refractivity contribution is 0.0852. The average molecular weight is 144 g/mol. The molecule has 60 valence electrons.